The lowest BCUT2D eigenvalue weighted by molar-refractivity contribution is -0.130. The maximum atomic E-state index is 14.5. The van der Waals surface area contributed by atoms with Crippen molar-refractivity contribution in [2.24, 2.45) is 4.99 Å². The summed E-state index contributed by atoms with van der Waals surface area (Å²) in [5.41, 5.74) is 8.43. The maximum Gasteiger partial charge on any atom is 0.266 e. The minimum Gasteiger partial charge on any atom is -0.494 e. The fourth-order valence-corrected chi connectivity index (χ4v) is 6.04. The van der Waals surface area contributed by atoms with Gasteiger partial charge in [0.2, 0.25) is 5.90 Å². The van der Waals surface area contributed by atoms with Gasteiger partial charge in [0.1, 0.15) is 5.75 Å². The van der Waals surface area contributed by atoms with Gasteiger partial charge in [0.05, 0.1) is 6.61 Å². The van der Waals surface area contributed by atoms with Gasteiger partial charge in [-0.25, -0.2) is 10.4 Å². The number of hydrogen-bond acceptors (Lipinski definition) is 6. The van der Waals surface area contributed by atoms with Crippen LogP contribution in [0.5, 0.6) is 5.75 Å². The standard InChI is InChI=1S/C37H34BrN3O4/c38-33-17-7-5-13-29(33)24-37(36(43)41-39-25-30-15-8-14-26-10-4-6-16-32(26)30)34(27-11-2-1-3-12-27)45-35(40-37)28-18-20-31(21-19-28)44-23-9-22-42/h1-8,10-21,34,39,42H,9,22-25H2,(H,41,43)/t34-,37-/m0/s1. The number of hydrazine groups is 1. The number of nitrogens with one attached hydrogen (secondary N) is 2. The van der Waals surface area contributed by atoms with Gasteiger partial charge in [0.15, 0.2) is 11.6 Å². The van der Waals surface area contributed by atoms with Crippen LogP contribution in [-0.2, 0) is 22.5 Å². The third-order valence-electron chi connectivity index (χ3n) is 7.91. The summed E-state index contributed by atoms with van der Waals surface area (Å²) in [6.07, 6.45) is 0.153. The summed E-state index contributed by atoms with van der Waals surface area (Å²) >= 11 is 3.69. The maximum absolute atomic E-state index is 14.5. The van der Waals surface area contributed by atoms with Crippen LogP contribution in [0.3, 0.4) is 0 Å². The molecule has 0 aromatic heterocycles. The molecule has 6 rings (SSSR count). The number of carbonyl (C=O) groups is 1. The summed E-state index contributed by atoms with van der Waals surface area (Å²) in [7, 11) is 0. The van der Waals surface area contributed by atoms with Gasteiger partial charge in [0.25, 0.3) is 5.91 Å². The lowest BCUT2D eigenvalue weighted by atomic mass is 9.82. The molecule has 5 aromatic rings. The Morgan fingerprint density at radius 2 is 1.58 bits per heavy atom. The van der Waals surface area contributed by atoms with Gasteiger partial charge in [0, 0.05) is 36.0 Å². The topological polar surface area (TPSA) is 92.2 Å². The van der Waals surface area contributed by atoms with Crippen molar-refractivity contribution in [3.8, 4) is 5.75 Å². The summed E-state index contributed by atoms with van der Waals surface area (Å²) in [4.78, 5) is 19.6. The first-order chi connectivity index (χ1) is 22.1. The van der Waals surface area contributed by atoms with Crippen LogP contribution in [0.15, 0.2) is 131 Å². The smallest absolute Gasteiger partial charge is 0.266 e. The van der Waals surface area contributed by atoms with Gasteiger partial charge in [-0.15, -0.1) is 0 Å². The van der Waals surface area contributed by atoms with E-state index in [2.05, 4.69) is 51.0 Å². The van der Waals surface area contributed by atoms with E-state index in [4.69, 9.17) is 19.6 Å². The molecule has 0 spiro atoms. The molecular formula is C37H34BrN3O4. The van der Waals surface area contributed by atoms with Gasteiger partial charge >= 0.3 is 0 Å². The quantitative estimate of drug-likeness (QED) is 0.102. The number of aliphatic hydroxyl groups is 1. The normalized spacial score (nSPS) is 17.5. The van der Waals surface area contributed by atoms with E-state index in [0.717, 1.165) is 37.5 Å². The van der Waals surface area contributed by atoms with Crippen LogP contribution in [0.2, 0.25) is 0 Å². The molecule has 0 radical (unpaired) electrons. The second-order valence-electron chi connectivity index (χ2n) is 10.9. The zero-order valence-electron chi connectivity index (χ0n) is 24.7. The van der Waals surface area contributed by atoms with E-state index in [0.29, 0.717) is 37.6 Å². The summed E-state index contributed by atoms with van der Waals surface area (Å²) in [5.74, 6) is 0.758. The Balaban J connectivity index is 1.35. The Hall–Kier alpha value is -4.50. The van der Waals surface area contributed by atoms with E-state index in [1.54, 1.807) is 0 Å². The van der Waals surface area contributed by atoms with Crippen LogP contribution in [0.1, 0.15) is 34.8 Å². The summed E-state index contributed by atoms with van der Waals surface area (Å²) < 4.78 is 13.2. The molecule has 5 aromatic carbocycles. The van der Waals surface area contributed by atoms with Crippen LogP contribution in [0.4, 0.5) is 0 Å². The molecule has 0 bridgehead atoms. The number of halogens is 1. The van der Waals surface area contributed by atoms with Gasteiger partial charge in [-0.2, -0.15) is 0 Å². The number of benzene rings is 5. The van der Waals surface area contributed by atoms with E-state index < -0.39 is 11.6 Å². The molecule has 2 atom stereocenters. The number of amides is 1. The number of fused-ring (bicyclic) bond motifs is 1. The van der Waals surface area contributed by atoms with Crippen LogP contribution in [-0.4, -0.2) is 35.7 Å². The molecule has 0 saturated heterocycles. The van der Waals surface area contributed by atoms with E-state index in [-0.39, 0.29) is 12.5 Å². The third kappa shape index (κ3) is 6.78. The van der Waals surface area contributed by atoms with E-state index >= 15 is 0 Å². The van der Waals surface area contributed by atoms with Crippen molar-refractivity contribution in [3.63, 3.8) is 0 Å². The van der Waals surface area contributed by atoms with Crippen LogP contribution in [0.25, 0.3) is 10.8 Å². The first-order valence-electron chi connectivity index (χ1n) is 15.0. The Morgan fingerprint density at radius 1 is 0.867 bits per heavy atom. The van der Waals surface area contributed by atoms with Gasteiger partial charge in [-0.05, 0) is 57.8 Å². The molecular weight excluding hydrogens is 630 g/mol. The number of hydrogen-bond donors (Lipinski definition) is 3. The second kappa shape index (κ2) is 14.1. The second-order valence-corrected chi connectivity index (χ2v) is 11.8. The molecule has 0 aliphatic carbocycles. The minimum atomic E-state index is -1.33. The largest absolute Gasteiger partial charge is 0.494 e. The monoisotopic (exact) mass is 663 g/mol. The predicted molar refractivity (Wildman–Crippen MR) is 180 cm³/mol. The summed E-state index contributed by atoms with van der Waals surface area (Å²) in [5, 5.41) is 11.3. The number of ether oxygens (including phenoxy) is 2. The minimum absolute atomic E-state index is 0.0715. The average Bonchev–Trinajstić information content (AvgIpc) is 3.47. The highest BCUT2D eigenvalue weighted by atomic mass is 79.9. The molecule has 3 N–H and O–H groups in total. The lowest BCUT2D eigenvalue weighted by Crippen LogP contribution is -2.53. The highest BCUT2D eigenvalue weighted by Crippen LogP contribution is 2.43. The van der Waals surface area contributed by atoms with Gasteiger partial charge < -0.3 is 14.6 Å². The molecule has 228 valence electrons. The molecule has 8 heteroatoms. The van der Waals surface area contributed by atoms with Crippen molar-refractivity contribution in [2.45, 2.75) is 31.0 Å². The predicted octanol–water partition coefficient (Wildman–Crippen LogP) is 6.68. The Bertz CT molecular complexity index is 1790. The molecule has 1 heterocycles. The van der Waals surface area contributed by atoms with Crippen LogP contribution in [0, 0.1) is 0 Å². The average molecular weight is 665 g/mol. The fourth-order valence-electron chi connectivity index (χ4n) is 5.62. The van der Waals surface area contributed by atoms with E-state index in [1.165, 1.54) is 0 Å². The SMILES string of the molecule is O=C(NNCc1cccc2ccccc12)[C@@]1(Cc2ccccc2Br)N=C(c2ccc(OCCCO)cc2)O[C@H]1c1ccccc1. The summed E-state index contributed by atoms with van der Waals surface area (Å²) in [6.45, 7) is 0.926. The molecule has 7 nitrogen and oxygen atoms in total. The number of aliphatic hydroxyl groups excluding tert-OH is 1. The Morgan fingerprint density at radius 3 is 2.38 bits per heavy atom. The molecule has 1 amide bonds. The van der Waals surface area contributed by atoms with Crippen molar-refractivity contribution in [2.75, 3.05) is 13.2 Å². The number of aliphatic imine (C=N–C) groups is 1. The van der Waals surface area contributed by atoms with Crippen LogP contribution < -0.4 is 15.6 Å². The fraction of sp³-hybridized carbons (Fsp3) is 0.189. The number of carbonyl (C=O) groups excluding carboxylic acids is 1. The van der Waals surface area contributed by atoms with Crippen molar-refractivity contribution in [1.29, 1.82) is 0 Å². The Kier molecular flexibility index (Phi) is 9.55. The van der Waals surface area contributed by atoms with Crippen LogP contribution >= 0.6 is 15.9 Å². The van der Waals surface area contributed by atoms with E-state index in [9.17, 15) is 4.79 Å². The van der Waals surface area contributed by atoms with Crippen molar-refractivity contribution in [1.82, 2.24) is 10.9 Å². The first-order valence-corrected chi connectivity index (χ1v) is 15.8. The highest BCUT2D eigenvalue weighted by Gasteiger charge is 2.53. The third-order valence-corrected chi connectivity index (χ3v) is 8.68. The van der Waals surface area contributed by atoms with E-state index in [1.807, 2.05) is 97.1 Å². The van der Waals surface area contributed by atoms with Crippen molar-refractivity contribution in [3.05, 3.63) is 148 Å². The number of rotatable bonds is 12. The highest BCUT2D eigenvalue weighted by molar-refractivity contribution is 9.10. The van der Waals surface area contributed by atoms with Crippen molar-refractivity contribution >= 4 is 38.5 Å². The lowest BCUT2D eigenvalue weighted by Gasteiger charge is -2.31. The molecule has 1 aliphatic rings. The van der Waals surface area contributed by atoms with Gasteiger partial charge in [-0.1, -0.05) is 107 Å². The first kappa shape index (κ1) is 30.5. The Labute approximate surface area is 271 Å². The number of nitrogens with zero attached hydrogens (tertiary/aromatic N) is 1. The summed E-state index contributed by atoms with van der Waals surface area (Å²) in [6, 6.07) is 39.4. The molecule has 45 heavy (non-hydrogen) atoms. The van der Waals surface area contributed by atoms with Crippen molar-refractivity contribution < 1.29 is 19.4 Å². The molecule has 1 aliphatic heterocycles. The zero-order chi connectivity index (χ0) is 31.1. The molecule has 0 fully saturated rings. The zero-order valence-corrected chi connectivity index (χ0v) is 26.2. The molecule has 0 saturated carbocycles. The molecule has 0 unspecified atom stereocenters. The van der Waals surface area contributed by atoms with Gasteiger partial charge in [-0.3, -0.25) is 10.2 Å².